The molecule has 2 saturated heterocycles. The van der Waals surface area contributed by atoms with Crippen LogP contribution in [0.5, 0.6) is 5.75 Å². The smallest absolute Gasteiger partial charge is 0.123 e. The number of methoxy groups -OCH3 is 1. The van der Waals surface area contributed by atoms with Crippen LogP contribution in [0.3, 0.4) is 0 Å². The van der Waals surface area contributed by atoms with Crippen molar-refractivity contribution < 1.29 is 4.74 Å². The highest BCUT2D eigenvalue weighted by molar-refractivity contribution is 5.37. The summed E-state index contributed by atoms with van der Waals surface area (Å²) in [5.74, 6) is 0.938. The lowest BCUT2D eigenvalue weighted by molar-refractivity contribution is -0.00621. The molecule has 2 aromatic rings. The Hall–Kier alpha value is -1.85. The highest BCUT2D eigenvalue weighted by Crippen LogP contribution is 2.27. The molecule has 0 amide bonds. The fourth-order valence-corrected chi connectivity index (χ4v) is 4.42. The summed E-state index contributed by atoms with van der Waals surface area (Å²) in [6.07, 6.45) is 7.95. The molecule has 0 bridgehead atoms. The van der Waals surface area contributed by atoms with E-state index in [0.29, 0.717) is 0 Å². The van der Waals surface area contributed by atoms with Crippen molar-refractivity contribution in [2.24, 2.45) is 0 Å². The van der Waals surface area contributed by atoms with Crippen molar-refractivity contribution in [1.82, 2.24) is 19.6 Å². The van der Waals surface area contributed by atoms with Crippen LogP contribution in [0, 0.1) is 0 Å². The van der Waals surface area contributed by atoms with Gasteiger partial charge in [0.15, 0.2) is 0 Å². The lowest BCUT2D eigenvalue weighted by Crippen LogP contribution is -2.61. The summed E-state index contributed by atoms with van der Waals surface area (Å²) in [6.45, 7) is 7.85. The first-order valence-electron chi connectivity index (χ1n) is 9.84. The second-order valence-corrected chi connectivity index (χ2v) is 7.78. The van der Waals surface area contributed by atoms with E-state index in [1.54, 1.807) is 7.11 Å². The largest absolute Gasteiger partial charge is 0.496 e. The maximum Gasteiger partial charge on any atom is 0.123 e. The number of likely N-dealkylation sites (tertiary alicyclic amines) is 2. The molecule has 1 atom stereocenters. The molecular formula is C21H30N4O. The third kappa shape index (κ3) is 3.79. The van der Waals surface area contributed by atoms with Gasteiger partial charge in [0.25, 0.3) is 0 Å². The van der Waals surface area contributed by atoms with Gasteiger partial charge < -0.3 is 4.74 Å². The molecule has 0 unspecified atom stereocenters. The number of piperidine rings is 1. The van der Waals surface area contributed by atoms with Crippen LogP contribution in [0.4, 0.5) is 0 Å². The van der Waals surface area contributed by atoms with Gasteiger partial charge in [0.05, 0.1) is 13.7 Å². The van der Waals surface area contributed by atoms with Gasteiger partial charge in [-0.3, -0.25) is 14.5 Å². The zero-order chi connectivity index (χ0) is 17.9. The van der Waals surface area contributed by atoms with Gasteiger partial charge in [-0.05, 0) is 50.1 Å². The third-order valence-electron chi connectivity index (χ3n) is 5.90. The van der Waals surface area contributed by atoms with Crippen molar-refractivity contribution in [2.75, 3.05) is 26.7 Å². The number of rotatable bonds is 6. The van der Waals surface area contributed by atoms with Gasteiger partial charge in [0, 0.05) is 49.7 Å². The fourth-order valence-electron chi connectivity index (χ4n) is 4.42. The topological polar surface area (TPSA) is 33.5 Å². The Labute approximate surface area is 156 Å². The van der Waals surface area contributed by atoms with E-state index < -0.39 is 0 Å². The van der Waals surface area contributed by atoms with Gasteiger partial charge in [-0.2, -0.15) is 5.10 Å². The number of aromatic nitrogens is 2. The molecule has 140 valence electrons. The molecule has 1 aromatic heterocycles. The zero-order valence-electron chi connectivity index (χ0n) is 16.0. The lowest BCUT2D eigenvalue weighted by Gasteiger charge is -2.49. The van der Waals surface area contributed by atoms with Crippen molar-refractivity contribution in [1.29, 1.82) is 0 Å². The molecule has 0 spiro atoms. The second-order valence-electron chi connectivity index (χ2n) is 7.78. The van der Waals surface area contributed by atoms with Crippen LogP contribution < -0.4 is 4.74 Å². The second kappa shape index (κ2) is 7.80. The fraction of sp³-hybridized carbons (Fsp3) is 0.571. The Bertz CT molecular complexity index is 709. The van der Waals surface area contributed by atoms with Crippen LogP contribution in [0.25, 0.3) is 0 Å². The average molecular weight is 354 g/mol. The molecule has 2 fully saturated rings. The van der Waals surface area contributed by atoms with Crippen molar-refractivity contribution >= 4 is 0 Å². The summed E-state index contributed by atoms with van der Waals surface area (Å²) in [4.78, 5) is 5.29. The third-order valence-corrected chi connectivity index (χ3v) is 5.90. The van der Waals surface area contributed by atoms with Gasteiger partial charge in [0.2, 0.25) is 0 Å². The molecule has 0 saturated carbocycles. The summed E-state index contributed by atoms with van der Waals surface area (Å²) >= 11 is 0. The monoisotopic (exact) mass is 354 g/mol. The Balaban J connectivity index is 1.37. The quantitative estimate of drug-likeness (QED) is 0.799. The minimum Gasteiger partial charge on any atom is -0.496 e. The Morgan fingerprint density at radius 1 is 1.19 bits per heavy atom. The molecule has 5 heteroatoms. The Kier molecular flexibility index (Phi) is 5.27. The normalized spacial score (nSPS) is 22.3. The van der Waals surface area contributed by atoms with Crippen LogP contribution in [0.2, 0.25) is 0 Å². The number of hydrogen-bond donors (Lipinski definition) is 0. The maximum atomic E-state index is 5.54. The van der Waals surface area contributed by atoms with Crippen LogP contribution in [-0.4, -0.2) is 58.4 Å². The molecule has 2 aliphatic heterocycles. The number of hydrogen-bond acceptors (Lipinski definition) is 4. The first-order chi connectivity index (χ1) is 12.7. The van der Waals surface area contributed by atoms with Crippen molar-refractivity contribution in [3.63, 3.8) is 0 Å². The SMILES string of the molecule is COc1ccc(CN2CC(N3CCCC[C@@H]3C)C2)cc1Cn1cccn1. The van der Waals surface area contributed by atoms with Crippen molar-refractivity contribution in [3.8, 4) is 5.75 Å². The minimum atomic E-state index is 0.748. The molecule has 0 radical (unpaired) electrons. The van der Waals surface area contributed by atoms with Gasteiger partial charge in [-0.25, -0.2) is 0 Å². The van der Waals surface area contributed by atoms with E-state index in [0.717, 1.165) is 30.9 Å². The standard InChI is InChI=1S/C21H30N4O/c1-17-6-3-4-11-25(17)20-15-23(16-20)13-18-7-8-21(26-2)19(12-18)14-24-10-5-9-22-24/h5,7-10,12,17,20H,3-4,6,11,13-16H2,1-2H3/t17-/m0/s1. The van der Waals surface area contributed by atoms with Crippen molar-refractivity contribution in [3.05, 3.63) is 47.8 Å². The first kappa shape index (κ1) is 17.6. The van der Waals surface area contributed by atoms with Crippen LogP contribution >= 0.6 is 0 Å². The van der Waals surface area contributed by atoms with E-state index >= 15 is 0 Å². The van der Waals surface area contributed by atoms with Crippen LogP contribution in [0.15, 0.2) is 36.7 Å². The Morgan fingerprint density at radius 2 is 2.08 bits per heavy atom. The van der Waals surface area contributed by atoms with E-state index in [1.807, 2.05) is 23.1 Å². The minimum absolute atomic E-state index is 0.748. The summed E-state index contributed by atoms with van der Waals surface area (Å²) in [7, 11) is 1.74. The van der Waals surface area contributed by atoms with Crippen molar-refractivity contribution in [2.45, 2.75) is 51.4 Å². The predicted molar refractivity (Wildman–Crippen MR) is 103 cm³/mol. The molecule has 26 heavy (non-hydrogen) atoms. The van der Waals surface area contributed by atoms with Gasteiger partial charge in [0.1, 0.15) is 5.75 Å². The van der Waals surface area contributed by atoms with E-state index in [-0.39, 0.29) is 0 Å². The summed E-state index contributed by atoms with van der Waals surface area (Å²) in [6, 6.07) is 10.0. The lowest BCUT2D eigenvalue weighted by atomic mass is 9.97. The van der Waals surface area contributed by atoms with E-state index in [1.165, 1.54) is 50.0 Å². The average Bonchev–Trinajstić information content (AvgIpc) is 3.12. The molecule has 3 heterocycles. The molecule has 1 aromatic carbocycles. The molecule has 0 N–H and O–H groups in total. The molecular weight excluding hydrogens is 324 g/mol. The number of benzene rings is 1. The maximum absolute atomic E-state index is 5.54. The summed E-state index contributed by atoms with van der Waals surface area (Å²) in [5, 5.41) is 4.32. The zero-order valence-corrected chi connectivity index (χ0v) is 16.0. The number of ether oxygens (including phenoxy) is 1. The number of nitrogens with zero attached hydrogens (tertiary/aromatic N) is 4. The van der Waals surface area contributed by atoms with E-state index in [4.69, 9.17) is 4.74 Å². The molecule has 2 aliphatic rings. The van der Waals surface area contributed by atoms with Gasteiger partial charge >= 0.3 is 0 Å². The van der Waals surface area contributed by atoms with Crippen LogP contribution in [0.1, 0.15) is 37.3 Å². The van der Waals surface area contributed by atoms with Gasteiger partial charge in [-0.15, -0.1) is 0 Å². The molecule has 4 rings (SSSR count). The highest BCUT2D eigenvalue weighted by Gasteiger charge is 2.34. The predicted octanol–water partition coefficient (Wildman–Crippen LogP) is 3.00. The van der Waals surface area contributed by atoms with E-state index in [2.05, 4.69) is 40.0 Å². The Morgan fingerprint density at radius 3 is 2.81 bits per heavy atom. The first-order valence-corrected chi connectivity index (χ1v) is 9.84. The highest BCUT2D eigenvalue weighted by atomic mass is 16.5. The van der Waals surface area contributed by atoms with Crippen LogP contribution in [-0.2, 0) is 13.1 Å². The van der Waals surface area contributed by atoms with E-state index in [9.17, 15) is 0 Å². The summed E-state index contributed by atoms with van der Waals surface area (Å²) in [5.41, 5.74) is 2.55. The molecule has 0 aliphatic carbocycles. The summed E-state index contributed by atoms with van der Waals surface area (Å²) < 4.78 is 7.48. The molecule has 5 nitrogen and oxygen atoms in total. The van der Waals surface area contributed by atoms with Gasteiger partial charge in [-0.1, -0.05) is 12.5 Å².